The van der Waals surface area contributed by atoms with Crippen LogP contribution in [0.15, 0.2) is 23.1 Å². The lowest BCUT2D eigenvalue weighted by atomic mass is 10.1. The molecule has 1 aromatic carbocycles. The maximum atomic E-state index is 12.7. The predicted molar refractivity (Wildman–Crippen MR) is 63.6 cm³/mol. The Labute approximate surface area is 113 Å². The van der Waals surface area contributed by atoms with Crippen LogP contribution in [0.25, 0.3) is 0 Å². The standard InChI is InChI=1S/C11H12F3NO4S/c1-7-8(11(12,13)14)4-3-5-9(7)20(18,19)15(2)6-10(16)17/h3-5H,6H2,1-2H3,(H,16,17). The van der Waals surface area contributed by atoms with Gasteiger partial charge in [-0.2, -0.15) is 17.5 Å². The number of alkyl halides is 3. The van der Waals surface area contributed by atoms with Gasteiger partial charge in [0.15, 0.2) is 0 Å². The second-order valence-electron chi connectivity index (χ2n) is 4.08. The van der Waals surface area contributed by atoms with Crippen LogP contribution in [0.4, 0.5) is 13.2 Å². The highest BCUT2D eigenvalue weighted by atomic mass is 32.2. The Kier molecular flexibility index (Phi) is 4.45. The van der Waals surface area contributed by atoms with Crippen LogP contribution >= 0.6 is 0 Å². The molecule has 20 heavy (non-hydrogen) atoms. The molecule has 1 N–H and O–H groups in total. The quantitative estimate of drug-likeness (QED) is 0.919. The molecule has 0 radical (unpaired) electrons. The highest BCUT2D eigenvalue weighted by molar-refractivity contribution is 7.89. The number of carboxylic acid groups (broad SMARTS) is 1. The Morgan fingerprint density at radius 1 is 1.35 bits per heavy atom. The zero-order valence-corrected chi connectivity index (χ0v) is 11.4. The van der Waals surface area contributed by atoms with E-state index >= 15 is 0 Å². The van der Waals surface area contributed by atoms with Crippen molar-refractivity contribution in [2.75, 3.05) is 13.6 Å². The number of likely N-dealkylation sites (N-methyl/N-ethyl adjacent to an activating group) is 1. The van der Waals surface area contributed by atoms with Crippen LogP contribution < -0.4 is 0 Å². The predicted octanol–water partition coefficient (Wildman–Crippen LogP) is 1.72. The Morgan fingerprint density at radius 2 is 1.90 bits per heavy atom. The lowest BCUT2D eigenvalue weighted by Gasteiger charge is -2.18. The van der Waals surface area contributed by atoms with Crippen LogP contribution in [-0.2, 0) is 21.0 Å². The van der Waals surface area contributed by atoms with Gasteiger partial charge in [-0.05, 0) is 24.6 Å². The smallest absolute Gasteiger partial charge is 0.416 e. The van der Waals surface area contributed by atoms with Crippen molar-refractivity contribution >= 4 is 16.0 Å². The summed E-state index contributed by atoms with van der Waals surface area (Å²) in [6.07, 6.45) is -4.68. The van der Waals surface area contributed by atoms with Gasteiger partial charge in [-0.25, -0.2) is 8.42 Å². The van der Waals surface area contributed by atoms with Gasteiger partial charge < -0.3 is 5.11 Å². The van der Waals surface area contributed by atoms with Gasteiger partial charge in [0, 0.05) is 7.05 Å². The Hall–Kier alpha value is -1.61. The van der Waals surface area contributed by atoms with E-state index in [-0.39, 0.29) is 0 Å². The van der Waals surface area contributed by atoms with E-state index in [4.69, 9.17) is 5.11 Å². The average molecular weight is 311 g/mol. The Bertz CT molecular complexity index is 625. The average Bonchev–Trinajstić information content (AvgIpc) is 2.26. The summed E-state index contributed by atoms with van der Waals surface area (Å²) < 4.78 is 62.8. The van der Waals surface area contributed by atoms with Crippen LogP contribution in [-0.4, -0.2) is 37.4 Å². The summed E-state index contributed by atoms with van der Waals surface area (Å²) >= 11 is 0. The molecule has 0 fully saturated rings. The van der Waals surface area contributed by atoms with Crippen molar-refractivity contribution in [1.82, 2.24) is 4.31 Å². The second kappa shape index (κ2) is 5.41. The molecule has 0 heterocycles. The summed E-state index contributed by atoms with van der Waals surface area (Å²) in [5.74, 6) is -1.40. The van der Waals surface area contributed by atoms with Gasteiger partial charge in [0.05, 0.1) is 10.5 Å². The molecule has 0 aliphatic rings. The molecule has 0 spiro atoms. The van der Waals surface area contributed by atoms with Gasteiger partial charge in [-0.1, -0.05) is 6.07 Å². The fraction of sp³-hybridized carbons (Fsp3) is 0.364. The Balaban J connectivity index is 3.37. The number of sulfonamides is 1. The van der Waals surface area contributed by atoms with Crippen molar-refractivity contribution < 1.29 is 31.5 Å². The molecule has 0 saturated carbocycles. The lowest BCUT2D eigenvalue weighted by molar-refractivity contribution is -0.138. The van der Waals surface area contributed by atoms with Crippen molar-refractivity contribution in [1.29, 1.82) is 0 Å². The molecule has 0 saturated heterocycles. The monoisotopic (exact) mass is 311 g/mol. The summed E-state index contributed by atoms with van der Waals surface area (Å²) in [7, 11) is -3.31. The summed E-state index contributed by atoms with van der Waals surface area (Å²) in [6.45, 7) is 0.197. The molecular weight excluding hydrogens is 299 g/mol. The van der Waals surface area contributed by atoms with E-state index in [9.17, 15) is 26.4 Å². The number of halogens is 3. The fourth-order valence-corrected chi connectivity index (χ4v) is 3.01. The molecule has 0 bridgehead atoms. The molecule has 0 aromatic heterocycles. The highest BCUT2D eigenvalue weighted by Gasteiger charge is 2.35. The molecule has 0 amide bonds. The van der Waals surface area contributed by atoms with Crippen molar-refractivity contribution in [2.24, 2.45) is 0 Å². The van der Waals surface area contributed by atoms with Gasteiger partial charge in [-0.15, -0.1) is 0 Å². The third-order valence-corrected chi connectivity index (χ3v) is 4.58. The van der Waals surface area contributed by atoms with E-state index in [1.54, 1.807) is 0 Å². The fourth-order valence-electron chi connectivity index (χ4n) is 1.64. The first-order valence-corrected chi connectivity index (χ1v) is 6.77. The SMILES string of the molecule is Cc1c(C(F)(F)F)cccc1S(=O)(=O)N(C)CC(=O)O. The van der Waals surface area contributed by atoms with Gasteiger partial charge in [-0.3, -0.25) is 4.79 Å². The number of nitrogens with zero attached hydrogens (tertiary/aromatic N) is 1. The van der Waals surface area contributed by atoms with E-state index in [1.807, 2.05) is 0 Å². The molecule has 0 atom stereocenters. The number of rotatable bonds is 4. The normalized spacial score (nSPS) is 12.7. The van der Waals surface area contributed by atoms with Crippen LogP contribution in [0, 0.1) is 6.92 Å². The minimum Gasteiger partial charge on any atom is -0.480 e. The van der Waals surface area contributed by atoms with Gasteiger partial charge >= 0.3 is 12.1 Å². The third-order valence-electron chi connectivity index (χ3n) is 2.64. The van der Waals surface area contributed by atoms with Gasteiger partial charge in [0.1, 0.15) is 6.54 Å². The van der Waals surface area contributed by atoms with Crippen molar-refractivity contribution in [3.8, 4) is 0 Å². The molecule has 0 aliphatic carbocycles. The van der Waals surface area contributed by atoms with Crippen LogP contribution in [0.1, 0.15) is 11.1 Å². The molecular formula is C11H12F3NO4S. The first kappa shape index (κ1) is 16.4. The van der Waals surface area contributed by atoms with E-state index in [2.05, 4.69) is 0 Å². The van der Waals surface area contributed by atoms with E-state index in [1.165, 1.54) is 0 Å². The van der Waals surface area contributed by atoms with Gasteiger partial charge in [0.25, 0.3) is 0 Å². The van der Waals surface area contributed by atoms with Crippen LogP contribution in [0.2, 0.25) is 0 Å². The minimum atomic E-state index is -4.68. The van der Waals surface area contributed by atoms with E-state index in [0.29, 0.717) is 4.31 Å². The lowest BCUT2D eigenvalue weighted by Crippen LogP contribution is -2.32. The zero-order valence-electron chi connectivity index (χ0n) is 10.6. The number of hydrogen-bond acceptors (Lipinski definition) is 3. The number of aliphatic carboxylic acids is 1. The van der Waals surface area contributed by atoms with Crippen molar-refractivity contribution in [3.63, 3.8) is 0 Å². The first-order valence-electron chi connectivity index (χ1n) is 5.33. The first-order chi connectivity index (χ1) is 8.98. The summed E-state index contributed by atoms with van der Waals surface area (Å²) in [5, 5.41) is 8.56. The van der Waals surface area contributed by atoms with Crippen molar-refractivity contribution in [2.45, 2.75) is 18.0 Å². The van der Waals surface area contributed by atoms with E-state index in [0.717, 1.165) is 32.2 Å². The highest BCUT2D eigenvalue weighted by Crippen LogP contribution is 2.34. The topological polar surface area (TPSA) is 74.7 Å². The number of carboxylic acids is 1. The maximum absolute atomic E-state index is 12.7. The number of benzene rings is 1. The third kappa shape index (κ3) is 3.28. The van der Waals surface area contributed by atoms with E-state index < -0.39 is 44.7 Å². The van der Waals surface area contributed by atoms with Crippen molar-refractivity contribution in [3.05, 3.63) is 29.3 Å². The summed E-state index contributed by atoms with van der Waals surface area (Å²) in [6, 6.07) is 2.75. The largest absolute Gasteiger partial charge is 0.480 e. The number of carbonyl (C=O) groups is 1. The Morgan fingerprint density at radius 3 is 2.35 bits per heavy atom. The van der Waals surface area contributed by atoms with Gasteiger partial charge in [0.2, 0.25) is 10.0 Å². The maximum Gasteiger partial charge on any atom is 0.416 e. The molecule has 0 unspecified atom stereocenters. The molecule has 112 valence electrons. The molecule has 1 rings (SSSR count). The molecule has 5 nitrogen and oxygen atoms in total. The number of hydrogen-bond donors (Lipinski definition) is 1. The van der Waals surface area contributed by atoms with Crippen LogP contribution in [0.5, 0.6) is 0 Å². The molecule has 0 aliphatic heterocycles. The minimum absolute atomic E-state index is 0.461. The molecule has 9 heteroatoms. The second-order valence-corrected chi connectivity index (χ2v) is 6.09. The summed E-state index contributed by atoms with van der Waals surface area (Å²) in [4.78, 5) is 9.95. The van der Waals surface area contributed by atoms with Crippen LogP contribution in [0.3, 0.4) is 0 Å². The molecule has 1 aromatic rings. The zero-order chi connectivity index (χ0) is 15.7. The summed E-state index contributed by atoms with van der Waals surface area (Å²) in [5.41, 5.74) is -1.53.